The van der Waals surface area contributed by atoms with Crippen molar-refractivity contribution in [1.29, 1.82) is 0 Å². The molecular formula is C19H13NO2. The third kappa shape index (κ3) is 1.79. The Morgan fingerprint density at radius 3 is 2.27 bits per heavy atom. The lowest BCUT2D eigenvalue weighted by molar-refractivity contribution is 0.0969. The minimum atomic E-state index is -0.0718. The van der Waals surface area contributed by atoms with Crippen LogP contribution in [0.2, 0.25) is 0 Å². The lowest BCUT2D eigenvalue weighted by Gasteiger charge is -2.06. The van der Waals surface area contributed by atoms with E-state index in [0.717, 1.165) is 21.8 Å². The second kappa shape index (κ2) is 4.74. The second-order valence-corrected chi connectivity index (χ2v) is 5.23. The van der Waals surface area contributed by atoms with Gasteiger partial charge in [-0.1, -0.05) is 36.4 Å². The number of benzene rings is 3. The Morgan fingerprint density at radius 1 is 0.773 bits per heavy atom. The molecule has 22 heavy (non-hydrogen) atoms. The van der Waals surface area contributed by atoms with E-state index < -0.39 is 0 Å². The molecule has 0 saturated carbocycles. The fraction of sp³-hybridized carbons (Fsp3) is 0. The van der Waals surface area contributed by atoms with Gasteiger partial charge in [0.2, 0.25) is 0 Å². The molecule has 0 aliphatic heterocycles. The highest BCUT2D eigenvalue weighted by Crippen LogP contribution is 2.31. The van der Waals surface area contributed by atoms with Crippen LogP contribution in [0.5, 0.6) is 5.75 Å². The molecule has 4 aromatic rings. The quantitative estimate of drug-likeness (QED) is 0.570. The molecular weight excluding hydrogens is 274 g/mol. The summed E-state index contributed by atoms with van der Waals surface area (Å²) >= 11 is 0. The van der Waals surface area contributed by atoms with Crippen molar-refractivity contribution in [2.45, 2.75) is 0 Å². The summed E-state index contributed by atoms with van der Waals surface area (Å²) in [5.74, 6) is 0.125. The van der Waals surface area contributed by atoms with Crippen molar-refractivity contribution >= 4 is 27.7 Å². The average Bonchev–Trinajstić information content (AvgIpc) is 2.89. The first-order valence-electron chi connectivity index (χ1n) is 7.07. The Balaban J connectivity index is 2.09. The van der Waals surface area contributed by atoms with Gasteiger partial charge in [-0.25, -0.2) is 0 Å². The number of carbonyl (C=O) groups is 1. The number of phenols is 1. The monoisotopic (exact) mass is 287 g/mol. The molecule has 3 heteroatoms. The smallest absolute Gasteiger partial charge is 0.262 e. The third-order valence-electron chi connectivity index (χ3n) is 3.88. The van der Waals surface area contributed by atoms with Crippen LogP contribution < -0.4 is 0 Å². The van der Waals surface area contributed by atoms with Gasteiger partial charge in [0.05, 0.1) is 11.0 Å². The van der Waals surface area contributed by atoms with Crippen molar-refractivity contribution in [3.8, 4) is 5.75 Å². The van der Waals surface area contributed by atoms with E-state index in [1.165, 1.54) is 0 Å². The molecule has 3 aromatic carbocycles. The fourth-order valence-electron chi connectivity index (χ4n) is 2.89. The van der Waals surface area contributed by atoms with Crippen LogP contribution in [0.3, 0.4) is 0 Å². The van der Waals surface area contributed by atoms with Crippen molar-refractivity contribution < 1.29 is 9.90 Å². The molecule has 1 N–H and O–H groups in total. The van der Waals surface area contributed by atoms with Gasteiger partial charge < -0.3 is 5.11 Å². The molecule has 106 valence electrons. The summed E-state index contributed by atoms with van der Waals surface area (Å²) in [6, 6.07) is 22.0. The number of para-hydroxylation sites is 1. The van der Waals surface area contributed by atoms with Gasteiger partial charge in [0, 0.05) is 16.3 Å². The molecule has 0 aliphatic carbocycles. The molecule has 0 atom stereocenters. The van der Waals surface area contributed by atoms with Gasteiger partial charge in [-0.2, -0.15) is 0 Å². The Labute approximate surface area is 127 Å². The third-order valence-corrected chi connectivity index (χ3v) is 3.88. The molecule has 3 nitrogen and oxygen atoms in total. The minimum Gasteiger partial charge on any atom is -0.508 e. The summed E-state index contributed by atoms with van der Waals surface area (Å²) in [6.07, 6.45) is 0. The van der Waals surface area contributed by atoms with E-state index in [-0.39, 0.29) is 11.7 Å². The van der Waals surface area contributed by atoms with Crippen LogP contribution in [0, 0.1) is 0 Å². The van der Waals surface area contributed by atoms with E-state index in [9.17, 15) is 9.90 Å². The highest BCUT2D eigenvalue weighted by Gasteiger charge is 2.17. The van der Waals surface area contributed by atoms with Crippen LogP contribution >= 0.6 is 0 Å². The van der Waals surface area contributed by atoms with Crippen molar-refractivity contribution in [2.75, 3.05) is 0 Å². The number of aromatic hydroxyl groups is 1. The van der Waals surface area contributed by atoms with Crippen molar-refractivity contribution in [1.82, 2.24) is 4.57 Å². The Bertz CT molecular complexity index is 1000. The van der Waals surface area contributed by atoms with Gasteiger partial charge in [-0.05, 0) is 36.4 Å². The number of phenolic OH excluding ortho intramolecular Hbond substituents is 1. The number of hydrogen-bond acceptors (Lipinski definition) is 2. The molecule has 0 amide bonds. The van der Waals surface area contributed by atoms with E-state index in [2.05, 4.69) is 0 Å². The SMILES string of the molecule is O=C(c1ccccc1)n1c2ccccc2c2cc(O)ccc21. The molecule has 0 aliphatic rings. The molecule has 1 aromatic heterocycles. The van der Waals surface area contributed by atoms with Crippen LogP contribution in [0.25, 0.3) is 21.8 Å². The van der Waals surface area contributed by atoms with Crippen LogP contribution in [-0.2, 0) is 0 Å². The first kappa shape index (κ1) is 12.7. The summed E-state index contributed by atoms with van der Waals surface area (Å²) in [7, 11) is 0. The summed E-state index contributed by atoms with van der Waals surface area (Å²) < 4.78 is 1.71. The van der Waals surface area contributed by atoms with E-state index in [1.54, 1.807) is 22.8 Å². The molecule has 1 heterocycles. The average molecular weight is 287 g/mol. The Hall–Kier alpha value is -3.07. The lowest BCUT2D eigenvalue weighted by atomic mass is 10.1. The summed E-state index contributed by atoms with van der Waals surface area (Å²) in [6.45, 7) is 0. The number of fused-ring (bicyclic) bond motifs is 3. The zero-order valence-corrected chi connectivity index (χ0v) is 11.7. The number of hydrogen-bond donors (Lipinski definition) is 1. The van der Waals surface area contributed by atoms with E-state index in [4.69, 9.17) is 0 Å². The van der Waals surface area contributed by atoms with Crippen LogP contribution in [0.15, 0.2) is 72.8 Å². The van der Waals surface area contributed by atoms with Gasteiger partial charge in [0.25, 0.3) is 5.91 Å². The molecule has 0 fully saturated rings. The first-order chi connectivity index (χ1) is 10.8. The molecule has 4 rings (SSSR count). The molecule has 0 bridgehead atoms. The topological polar surface area (TPSA) is 42.2 Å². The molecule has 0 radical (unpaired) electrons. The number of rotatable bonds is 1. The number of aromatic nitrogens is 1. The maximum atomic E-state index is 12.9. The second-order valence-electron chi connectivity index (χ2n) is 5.23. The molecule has 0 saturated heterocycles. The highest BCUT2D eigenvalue weighted by molar-refractivity contribution is 6.16. The normalized spacial score (nSPS) is 11.1. The van der Waals surface area contributed by atoms with Gasteiger partial charge >= 0.3 is 0 Å². The Kier molecular flexibility index (Phi) is 2.73. The van der Waals surface area contributed by atoms with Crippen molar-refractivity contribution in [3.63, 3.8) is 0 Å². The predicted molar refractivity (Wildman–Crippen MR) is 87.3 cm³/mol. The van der Waals surface area contributed by atoms with E-state index in [1.807, 2.05) is 54.6 Å². The van der Waals surface area contributed by atoms with E-state index in [0.29, 0.717) is 5.56 Å². The molecule has 0 spiro atoms. The predicted octanol–water partition coefficient (Wildman–Crippen LogP) is 4.19. The maximum Gasteiger partial charge on any atom is 0.262 e. The van der Waals surface area contributed by atoms with Crippen molar-refractivity contribution in [2.24, 2.45) is 0 Å². The summed E-state index contributed by atoms with van der Waals surface area (Å²) in [4.78, 5) is 12.9. The van der Waals surface area contributed by atoms with Gasteiger partial charge in [0.1, 0.15) is 5.75 Å². The largest absolute Gasteiger partial charge is 0.508 e. The summed E-state index contributed by atoms with van der Waals surface area (Å²) in [5.41, 5.74) is 2.28. The maximum absolute atomic E-state index is 12.9. The first-order valence-corrected chi connectivity index (χ1v) is 7.07. The highest BCUT2D eigenvalue weighted by atomic mass is 16.3. The minimum absolute atomic E-state index is 0.0718. The van der Waals surface area contributed by atoms with Gasteiger partial charge in [-0.3, -0.25) is 9.36 Å². The van der Waals surface area contributed by atoms with E-state index >= 15 is 0 Å². The van der Waals surface area contributed by atoms with Crippen LogP contribution in [-0.4, -0.2) is 15.6 Å². The number of carbonyl (C=O) groups excluding carboxylic acids is 1. The Morgan fingerprint density at radius 2 is 1.45 bits per heavy atom. The van der Waals surface area contributed by atoms with Crippen LogP contribution in [0.4, 0.5) is 0 Å². The zero-order valence-electron chi connectivity index (χ0n) is 11.7. The summed E-state index contributed by atoms with van der Waals surface area (Å²) in [5, 5.41) is 11.6. The van der Waals surface area contributed by atoms with Gasteiger partial charge in [-0.15, -0.1) is 0 Å². The van der Waals surface area contributed by atoms with Crippen LogP contribution in [0.1, 0.15) is 10.4 Å². The standard InChI is InChI=1S/C19H13NO2/c21-14-10-11-18-16(12-14)15-8-4-5-9-17(15)20(18)19(22)13-6-2-1-3-7-13/h1-12,21H. The number of nitrogens with zero attached hydrogens (tertiary/aromatic N) is 1. The zero-order chi connectivity index (χ0) is 15.1. The van der Waals surface area contributed by atoms with Crippen molar-refractivity contribution in [3.05, 3.63) is 78.4 Å². The lowest BCUT2D eigenvalue weighted by Crippen LogP contribution is -2.11. The fourth-order valence-corrected chi connectivity index (χ4v) is 2.89. The van der Waals surface area contributed by atoms with Gasteiger partial charge in [0.15, 0.2) is 0 Å². The molecule has 0 unspecified atom stereocenters.